The van der Waals surface area contributed by atoms with Crippen molar-refractivity contribution in [3.63, 3.8) is 0 Å². The SMILES string of the molecule is CN1CCN2C(=O)N(CC(F)(F)F)C(=O)C2(Cc2ccccc2)C1. The number of benzene rings is 1. The third kappa shape index (κ3) is 2.86. The number of fused-ring (bicyclic) bond motifs is 1. The Hall–Kier alpha value is -2.09. The minimum Gasteiger partial charge on any atom is -0.307 e. The summed E-state index contributed by atoms with van der Waals surface area (Å²) in [4.78, 5) is 28.8. The number of halogens is 3. The maximum atomic E-state index is 12.8. The van der Waals surface area contributed by atoms with E-state index in [-0.39, 0.29) is 19.5 Å². The second kappa shape index (κ2) is 5.77. The third-order valence-corrected chi connectivity index (χ3v) is 4.54. The number of carbonyl (C=O) groups excluding carboxylic acids is 2. The Morgan fingerprint density at radius 1 is 1.12 bits per heavy atom. The van der Waals surface area contributed by atoms with Crippen LogP contribution in [0.25, 0.3) is 0 Å². The fraction of sp³-hybridized carbons (Fsp3) is 0.500. The predicted molar refractivity (Wildman–Crippen MR) is 80.2 cm³/mol. The summed E-state index contributed by atoms with van der Waals surface area (Å²) in [5.41, 5.74) is -0.454. The number of imide groups is 1. The lowest BCUT2D eigenvalue weighted by Crippen LogP contribution is -2.63. The number of hydrogen-bond donors (Lipinski definition) is 0. The highest BCUT2D eigenvalue weighted by atomic mass is 19.4. The van der Waals surface area contributed by atoms with Gasteiger partial charge >= 0.3 is 12.2 Å². The van der Waals surface area contributed by atoms with E-state index in [2.05, 4.69) is 0 Å². The molecule has 0 saturated carbocycles. The molecule has 2 fully saturated rings. The van der Waals surface area contributed by atoms with Gasteiger partial charge in [-0.15, -0.1) is 0 Å². The lowest BCUT2D eigenvalue weighted by molar-refractivity contribution is -0.156. The lowest BCUT2D eigenvalue weighted by Gasteiger charge is -2.43. The molecule has 0 N–H and O–H groups in total. The molecule has 0 aromatic heterocycles. The van der Waals surface area contributed by atoms with E-state index in [0.717, 1.165) is 5.56 Å². The number of alkyl halides is 3. The van der Waals surface area contributed by atoms with E-state index >= 15 is 0 Å². The number of nitrogens with zero attached hydrogens (tertiary/aromatic N) is 3. The van der Waals surface area contributed by atoms with Crippen molar-refractivity contribution in [2.24, 2.45) is 0 Å². The van der Waals surface area contributed by atoms with Gasteiger partial charge < -0.3 is 9.80 Å². The summed E-state index contributed by atoms with van der Waals surface area (Å²) in [6, 6.07) is 8.21. The number of likely N-dealkylation sites (N-methyl/N-ethyl adjacent to an activating group) is 1. The van der Waals surface area contributed by atoms with Gasteiger partial charge in [-0.25, -0.2) is 4.79 Å². The zero-order valence-electron chi connectivity index (χ0n) is 13.2. The summed E-state index contributed by atoms with van der Waals surface area (Å²) >= 11 is 0. The Labute approximate surface area is 137 Å². The standard InChI is InChI=1S/C16H18F3N3O2/c1-20-7-8-22-14(24)21(11-16(17,18)19)13(23)15(22,10-20)9-12-5-3-2-4-6-12/h2-6H,7-11H2,1H3. The van der Waals surface area contributed by atoms with Crippen molar-refractivity contribution in [1.82, 2.24) is 14.7 Å². The molecule has 3 amide bonds. The fourth-order valence-corrected chi connectivity index (χ4v) is 3.52. The van der Waals surface area contributed by atoms with Crippen molar-refractivity contribution in [1.29, 1.82) is 0 Å². The summed E-state index contributed by atoms with van der Waals surface area (Å²) in [7, 11) is 1.80. The Morgan fingerprint density at radius 3 is 2.42 bits per heavy atom. The van der Waals surface area contributed by atoms with Crippen LogP contribution in [0.2, 0.25) is 0 Å². The van der Waals surface area contributed by atoms with E-state index in [0.29, 0.717) is 11.4 Å². The normalized spacial score (nSPS) is 25.3. The summed E-state index contributed by atoms with van der Waals surface area (Å²) < 4.78 is 38.4. The molecule has 0 spiro atoms. The summed E-state index contributed by atoms with van der Waals surface area (Å²) in [6.07, 6.45) is -4.41. The van der Waals surface area contributed by atoms with Crippen LogP contribution in [0, 0.1) is 0 Å². The first-order chi connectivity index (χ1) is 11.2. The molecule has 2 saturated heterocycles. The number of piperazine rings is 1. The molecule has 0 radical (unpaired) electrons. The quantitative estimate of drug-likeness (QED) is 0.787. The Morgan fingerprint density at radius 2 is 1.79 bits per heavy atom. The first kappa shape index (κ1) is 16.8. The average Bonchev–Trinajstić information content (AvgIpc) is 2.68. The molecule has 3 rings (SSSR count). The zero-order chi connectivity index (χ0) is 17.5. The third-order valence-electron chi connectivity index (χ3n) is 4.54. The number of hydrogen-bond acceptors (Lipinski definition) is 3. The number of rotatable bonds is 3. The Balaban J connectivity index is 1.98. The number of urea groups is 1. The summed E-state index contributed by atoms with van der Waals surface area (Å²) in [5.74, 6) is -0.764. The predicted octanol–water partition coefficient (Wildman–Crippen LogP) is 1.74. The molecule has 0 bridgehead atoms. The molecule has 1 aromatic carbocycles. The van der Waals surface area contributed by atoms with E-state index in [1.165, 1.54) is 4.90 Å². The minimum atomic E-state index is -4.61. The van der Waals surface area contributed by atoms with Crippen LogP contribution in [0.5, 0.6) is 0 Å². The van der Waals surface area contributed by atoms with Crippen LogP contribution in [0.15, 0.2) is 30.3 Å². The van der Waals surface area contributed by atoms with Gasteiger partial charge in [-0.05, 0) is 12.6 Å². The average molecular weight is 341 g/mol. The van der Waals surface area contributed by atoms with E-state index in [1.54, 1.807) is 19.2 Å². The summed E-state index contributed by atoms with van der Waals surface area (Å²) in [6.45, 7) is -0.556. The van der Waals surface area contributed by atoms with Crippen LogP contribution in [0.3, 0.4) is 0 Å². The first-order valence-electron chi connectivity index (χ1n) is 7.66. The lowest BCUT2D eigenvalue weighted by atomic mass is 9.87. The van der Waals surface area contributed by atoms with Crippen LogP contribution < -0.4 is 0 Å². The van der Waals surface area contributed by atoms with Crippen LogP contribution in [-0.2, 0) is 11.2 Å². The molecule has 5 nitrogen and oxygen atoms in total. The molecule has 1 aromatic rings. The topological polar surface area (TPSA) is 43.9 Å². The van der Waals surface area contributed by atoms with Crippen molar-refractivity contribution in [2.45, 2.75) is 18.1 Å². The molecular formula is C16H18F3N3O2. The highest BCUT2D eigenvalue weighted by molar-refractivity contribution is 6.07. The van der Waals surface area contributed by atoms with Gasteiger partial charge in [-0.1, -0.05) is 30.3 Å². The number of carbonyl (C=O) groups is 2. The molecule has 1 unspecified atom stereocenters. The van der Waals surface area contributed by atoms with Gasteiger partial charge in [0, 0.05) is 26.1 Å². The van der Waals surface area contributed by atoms with Crippen LogP contribution in [-0.4, -0.2) is 71.6 Å². The van der Waals surface area contributed by atoms with Gasteiger partial charge in [0.05, 0.1) is 0 Å². The van der Waals surface area contributed by atoms with Crippen LogP contribution in [0.1, 0.15) is 5.56 Å². The van der Waals surface area contributed by atoms with E-state index in [4.69, 9.17) is 0 Å². The highest BCUT2D eigenvalue weighted by Gasteiger charge is 2.60. The first-order valence-corrected chi connectivity index (χ1v) is 7.66. The van der Waals surface area contributed by atoms with E-state index in [1.807, 2.05) is 23.1 Å². The maximum absolute atomic E-state index is 12.8. The maximum Gasteiger partial charge on any atom is 0.406 e. The molecular weight excluding hydrogens is 323 g/mol. The molecule has 2 aliphatic rings. The largest absolute Gasteiger partial charge is 0.406 e. The second-order valence-corrected chi connectivity index (χ2v) is 6.37. The minimum absolute atomic E-state index is 0.205. The van der Waals surface area contributed by atoms with Gasteiger partial charge in [0.25, 0.3) is 5.91 Å². The van der Waals surface area contributed by atoms with Crippen molar-refractivity contribution < 1.29 is 22.8 Å². The smallest absolute Gasteiger partial charge is 0.307 e. The van der Waals surface area contributed by atoms with Gasteiger partial charge in [0.15, 0.2) is 0 Å². The molecule has 1 atom stereocenters. The van der Waals surface area contributed by atoms with Gasteiger partial charge in [-0.3, -0.25) is 9.69 Å². The van der Waals surface area contributed by atoms with Gasteiger partial charge in [-0.2, -0.15) is 13.2 Å². The van der Waals surface area contributed by atoms with E-state index < -0.39 is 30.2 Å². The van der Waals surface area contributed by atoms with Crippen LogP contribution >= 0.6 is 0 Å². The monoisotopic (exact) mass is 341 g/mol. The Bertz CT molecular complexity index is 650. The van der Waals surface area contributed by atoms with Crippen molar-refractivity contribution in [2.75, 3.05) is 33.2 Å². The van der Waals surface area contributed by atoms with Gasteiger partial charge in [0.1, 0.15) is 12.1 Å². The van der Waals surface area contributed by atoms with Crippen molar-refractivity contribution >= 4 is 11.9 Å². The molecule has 130 valence electrons. The van der Waals surface area contributed by atoms with Crippen LogP contribution in [0.4, 0.5) is 18.0 Å². The van der Waals surface area contributed by atoms with Crippen molar-refractivity contribution in [3.05, 3.63) is 35.9 Å². The summed E-state index contributed by atoms with van der Waals surface area (Å²) in [5, 5.41) is 0. The molecule has 8 heteroatoms. The van der Waals surface area contributed by atoms with E-state index in [9.17, 15) is 22.8 Å². The molecule has 2 heterocycles. The zero-order valence-corrected chi connectivity index (χ0v) is 13.2. The highest BCUT2D eigenvalue weighted by Crippen LogP contribution is 2.36. The second-order valence-electron chi connectivity index (χ2n) is 6.37. The van der Waals surface area contributed by atoms with Crippen molar-refractivity contribution in [3.8, 4) is 0 Å². The fourth-order valence-electron chi connectivity index (χ4n) is 3.52. The molecule has 2 aliphatic heterocycles. The number of amides is 3. The molecule has 0 aliphatic carbocycles. The Kier molecular flexibility index (Phi) is 4.03. The van der Waals surface area contributed by atoms with Gasteiger partial charge in [0.2, 0.25) is 0 Å². The molecule has 24 heavy (non-hydrogen) atoms.